The Hall–Kier alpha value is -2.19. The maximum atomic E-state index is 12.2. The van der Waals surface area contributed by atoms with E-state index in [1.54, 1.807) is 26.2 Å². The van der Waals surface area contributed by atoms with E-state index >= 15 is 0 Å². The van der Waals surface area contributed by atoms with E-state index < -0.39 is 5.54 Å². The summed E-state index contributed by atoms with van der Waals surface area (Å²) in [5.41, 5.74) is 0.914. The van der Waals surface area contributed by atoms with Crippen LogP contribution in [0.3, 0.4) is 0 Å². The number of amides is 1. The number of nitrogens with one attached hydrogen (secondary N) is 1. The van der Waals surface area contributed by atoms with E-state index in [1.165, 1.54) is 11.3 Å². The quantitative estimate of drug-likeness (QED) is 0.882. The number of carbonyl (C=O) groups is 1. The Labute approximate surface area is 122 Å². The van der Waals surface area contributed by atoms with Crippen molar-refractivity contribution in [1.82, 2.24) is 15.3 Å². The molecule has 5 heteroatoms. The summed E-state index contributed by atoms with van der Waals surface area (Å²) < 4.78 is 0. The van der Waals surface area contributed by atoms with Crippen LogP contribution in [0.4, 0.5) is 0 Å². The van der Waals surface area contributed by atoms with Crippen LogP contribution in [0.15, 0.2) is 24.5 Å². The summed E-state index contributed by atoms with van der Waals surface area (Å²) in [6.07, 6.45) is 8.81. The summed E-state index contributed by atoms with van der Waals surface area (Å²) in [5.74, 6) is 2.35. The number of hydrogen-bond acceptors (Lipinski definition) is 4. The first-order chi connectivity index (χ1) is 9.43. The molecule has 0 aliphatic heterocycles. The van der Waals surface area contributed by atoms with Gasteiger partial charge in [-0.15, -0.1) is 17.8 Å². The molecule has 4 nitrogen and oxygen atoms in total. The molecule has 20 heavy (non-hydrogen) atoms. The second kappa shape index (κ2) is 5.43. The van der Waals surface area contributed by atoms with Gasteiger partial charge in [-0.3, -0.25) is 9.78 Å². The van der Waals surface area contributed by atoms with E-state index in [9.17, 15) is 4.79 Å². The second-order valence-electron chi connectivity index (χ2n) is 4.90. The molecule has 0 spiro atoms. The number of aryl methyl sites for hydroxylation is 1. The van der Waals surface area contributed by atoms with Crippen LogP contribution in [0, 0.1) is 19.3 Å². The third-order valence-corrected chi connectivity index (χ3v) is 3.90. The molecule has 0 aliphatic rings. The molecule has 2 aromatic heterocycles. The van der Waals surface area contributed by atoms with Crippen molar-refractivity contribution in [3.63, 3.8) is 0 Å². The summed E-state index contributed by atoms with van der Waals surface area (Å²) >= 11 is 1.34. The molecule has 0 saturated carbocycles. The van der Waals surface area contributed by atoms with Gasteiger partial charge in [-0.1, -0.05) is 5.92 Å². The molecule has 0 unspecified atom stereocenters. The number of pyridine rings is 1. The molecule has 0 aromatic carbocycles. The molecule has 1 N–H and O–H groups in total. The first-order valence-corrected chi connectivity index (χ1v) is 6.93. The lowest BCUT2D eigenvalue weighted by atomic mass is 10.1. The molecular weight excluding hydrogens is 270 g/mol. The molecule has 1 amide bonds. The third-order valence-electron chi connectivity index (χ3n) is 2.70. The van der Waals surface area contributed by atoms with Crippen molar-refractivity contribution < 1.29 is 4.79 Å². The van der Waals surface area contributed by atoms with Crippen LogP contribution in [-0.2, 0) is 0 Å². The molecule has 2 aromatic rings. The minimum Gasteiger partial charge on any atom is -0.336 e. The van der Waals surface area contributed by atoms with Gasteiger partial charge in [-0.25, -0.2) is 4.98 Å². The Balaban J connectivity index is 2.29. The zero-order valence-corrected chi connectivity index (χ0v) is 12.4. The van der Waals surface area contributed by atoms with Crippen LogP contribution in [0.1, 0.15) is 29.2 Å². The number of rotatable bonds is 3. The Bertz CT molecular complexity index is 668. The molecule has 2 heterocycles. The van der Waals surface area contributed by atoms with Crippen LogP contribution >= 0.6 is 11.3 Å². The highest BCUT2D eigenvalue weighted by molar-refractivity contribution is 7.17. The van der Waals surface area contributed by atoms with Gasteiger partial charge in [-0.2, -0.15) is 0 Å². The standard InChI is InChI=1S/C15H15N3OS/c1-5-15(3,4)18-13(19)12-10(2)17-14(20-12)11-7-6-8-16-9-11/h1,6-9H,2-4H3,(H,18,19). The Morgan fingerprint density at radius 3 is 2.85 bits per heavy atom. The van der Waals surface area contributed by atoms with Gasteiger partial charge in [0.05, 0.1) is 11.2 Å². The van der Waals surface area contributed by atoms with E-state index in [4.69, 9.17) is 6.42 Å². The number of hydrogen-bond donors (Lipinski definition) is 1. The maximum Gasteiger partial charge on any atom is 0.264 e. The largest absolute Gasteiger partial charge is 0.336 e. The van der Waals surface area contributed by atoms with Crippen LogP contribution < -0.4 is 5.32 Å². The lowest BCUT2D eigenvalue weighted by molar-refractivity contribution is 0.0933. The van der Waals surface area contributed by atoms with Crippen molar-refractivity contribution in [3.05, 3.63) is 35.1 Å². The molecule has 0 aliphatic carbocycles. The summed E-state index contributed by atoms with van der Waals surface area (Å²) in [5, 5.41) is 3.58. The topological polar surface area (TPSA) is 54.9 Å². The van der Waals surface area contributed by atoms with Crippen LogP contribution in [-0.4, -0.2) is 21.4 Å². The first kappa shape index (κ1) is 14.2. The van der Waals surface area contributed by atoms with E-state index in [1.807, 2.05) is 19.1 Å². The monoisotopic (exact) mass is 285 g/mol. The Morgan fingerprint density at radius 1 is 1.50 bits per heavy atom. The van der Waals surface area contributed by atoms with Gasteiger partial charge in [0.2, 0.25) is 0 Å². The molecule has 0 atom stereocenters. The molecule has 0 radical (unpaired) electrons. The normalized spacial score (nSPS) is 10.9. The third kappa shape index (κ3) is 3.03. The average molecular weight is 285 g/mol. The lowest BCUT2D eigenvalue weighted by Crippen LogP contribution is -2.42. The highest BCUT2D eigenvalue weighted by Crippen LogP contribution is 2.27. The number of terminal acetylenes is 1. The predicted octanol–water partition coefficient (Wildman–Crippen LogP) is 2.66. The van der Waals surface area contributed by atoms with Gasteiger partial charge in [0.15, 0.2) is 0 Å². The first-order valence-electron chi connectivity index (χ1n) is 6.11. The Morgan fingerprint density at radius 2 is 2.25 bits per heavy atom. The number of thiazole rings is 1. The highest BCUT2D eigenvalue weighted by Gasteiger charge is 2.22. The van der Waals surface area contributed by atoms with Crippen molar-refractivity contribution in [2.24, 2.45) is 0 Å². The van der Waals surface area contributed by atoms with Gasteiger partial charge in [0, 0.05) is 18.0 Å². The van der Waals surface area contributed by atoms with E-state index in [0.29, 0.717) is 10.6 Å². The number of nitrogens with zero attached hydrogens (tertiary/aromatic N) is 2. The van der Waals surface area contributed by atoms with Crippen molar-refractivity contribution in [1.29, 1.82) is 0 Å². The van der Waals surface area contributed by atoms with Crippen LogP contribution in [0.2, 0.25) is 0 Å². The zero-order chi connectivity index (χ0) is 14.8. The molecular formula is C15H15N3OS. The van der Waals surface area contributed by atoms with E-state index in [2.05, 4.69) is 21.2 Å². The predicted molar refractivity (Wildman–Crippen MR) is 80.5 cm³/mol. The fraction of sp³-hybridized carbons (Fsp3) is 0.267. The van der Waals surface area contributed by atoms with E-state index in [-0.39, 0.29) is 5.91 Å². The van der Waals surface area contributed by atoms with Crippen LogP contribution in [0.5, 0.6) is 0 Å². The van der Waals surface area contributed by atoms with Gasteiger partial charge >= 0.3 is 0 Å². The van der Waals surface area contributed by atoms with Gasteiger partial charge < -0.3 is 5.32 Å². The van der Waals surface area contributed by atoms with Gasteiger partial charge in [0.1, 0.15) is 9.88 Å². The summed E-state index contributed by atoms with van der Waals surface area (Å²) in [6.45, 7) is 5.38. The highest BCUT2D eigenvalue weighted by atomic mass is 32.1. The fourth-order valence-corrected chi connectivity index (χ4v) is 2.55. The van der Waals surface area contributed by atoms with Gasteiger partial charge in [0.25, 0.3) is 5.91 Å². The maximum absolute atomic E-state index is 12.2. The van der Waals surface area contributed by atoms with Gasteiger partial charge in [-0.05, 0) is 32.9 Å². The average Bonchev–Trinajstić information content (AvgIpc) is 2.81. The SMILES string of the molecule is C#CC(C)(C)NC(=O)c1sc(-c2cccnc2)nc1C. The minimum atomic E-state index is -0.679. The lowest BCUT2D eigenvalue weighted by Gasteiger charge is -2.18. The van der Waals surface area contributed by atoms with Crippen molar-refractivity contribution in [3.8, 4) is 22.9 Å². The van der Waals surface area contributed by atoms with E-state index in [0.717, 1.165) is 10.6 Å². The number of carbonyl (C=O) groups excluding carboxylic acids is 1. The summed E-state index contributed by atoms with van der Waals surface area (Å²) in [7, 11) is 0. The summed E-state index contributed by atoms with van der Waals surface area (Å²) in [4.78, 5) is 21.3. The zero-order valence-electron chi connectivity index (χ0n) is 11.6. The van der Waals surface area contributed by atoms with Crippen molar-refractivity contribution in [2.45, 2.75) is 26.3 Å². The molecule has 102 valence electrons. The molecule has 2 rings (SSSR count). The smallest absolute Gasteiger partial charge is 0.264 e. The molecule has 0 fully saturated rings. The second-order valence-corrected chi connectivity index (χ2v) is 5.90. The fourth-order valence-electron chi connectivity index (χ4n) is 1.60. The summed E-state index contributed by atoms with van der Waals surface area (Å²) in [6, 6.07) is 3.76. The van der Waals surface area contributed by atoms with Crippen molar-refractivity contribution >= 4 is 17.2 Å². The van der Waals surface area contributed by atoms with Crippen LogP contribution in [0.25, 0.3) is 10.6 Å². The Kier molecular flexibility index (Phi) is 3.86. The number of aromatic nitrogens is 2. The van der Waals surface area contributed by atoms with Crippen molar-refractivity contribution in [2.75, 3.05) is 0 Å². The minimum absolute atomic E-state index is 0.196. The molecule has 0 saturated heterocycles. The molecule has 0 bridgehead atoms.